The Labute approximate surface area is 275 Å². The van der Waals surface area contributed by atoms with E-state index in [9.17, 15) is 35.9 Å². The summed E-state index contributed by atoms with van der Waals surface area (Å²) in [4.78, 5) is 32.3. The number of piperazine rings is 1. The number of likely N-dealkylation sites (tertiary alicyclic amines) is 1. The highest BCUT2D eigenvalue weighted by molar-refractivity contribution is 5.93. The molecule has 13 heteroatoms. The van der Waals surface area contributed by atoms with Crippen LogP contribution in [0.5, 0.6) is 0 Å². The second-order valence-corrected chi connectivity index (χ2v) is 12.6. The normalized spacial score (nSPS) is 19.6. The highest BCUT2D eigenvalue weighted by Gasteiger charge is 2.39. The molecule has 3 aromatic rings. The van der Waals surface area contributed by atoms with Crippen LogP contribution in [-0.2, 0) is 23.6 Å². The quantitative estimate of drug-likeness (QED) is 0.260. The van der Waals surface area contributed by atoms with Gasteiger partial charge >= 0.3 is 18.4 Å². The fraction of sp³-hybridized carbons (Fsp3) is 0.429. The van der Waals surface area contributed by atoms with Crippen LogP contribution in [0.3, 0.4) is 0 Å². The molecule has 258 valence electrons. The Hall–Kier alpha value is -4.10. The Morgan fingerprint density at radius 2 is 1.38 bits per heavy atom. The Bertz CT molecular complexity index is 1540. The van der Waals surface area contributed by atoms with E-state index >= 15 is 0 Å². The molecular formula is C35H39F6N5O2. The van der Waals surface area contributed by atoms with E-state index in [0.29, 0.717) is 44.5 Å². The van der Waals surface area contributed by atoms with E-state index < -0.39 is 35.2 Å². The zero-order valence-corrected chi connectivity index (χ0v) is 26.8. The van der Waals surface area contributed by atoms with Gasteiger partial charge in [-0.05, 0) is 68.0 Å². The minimum atomic E-state index is -5.03. The van der Waals surface area contributed by atoms with Crippen LogP contribution in [0.4, 0.5) is 42.5 Å². The summed E-state index contributed by atoms with van der Waals surface area (Å²) in [6.07, 6.45) is -8.42. The van der Waals surface area contributed by atoms with Gasteiger partial charge in [-0.1, -0.05) is 48.5 Å². The Balaban J connectivity index is 1.24. The summed E-state index contributed by atoms with van der Waals surface area (Å²) in [5, 5.41) is 5.36. The summed E-state index contributed by atoms with van der Waals surface area (Å²) in [6, 6.07) is 15.4. The van der Waals surface area contributed by atoms with Gasteiger partial charge in [-0.15, -0.1) is 0 Å². The predicted octanol–water partition coefficient (Wildman–Crippen LogP) is 7.20. The number of hydrogen-bond donors (Lipinski definition) is 2. The molecule has 0 bridgehead atoms. The van der Waals surface area contributed by atoms with Crippen molar-refractivity contribution in [1.82, 2.24) is 14.7 Å². The van der Waals surface area contributed by atoms with Crippen LogP contribution in [0, 0.1) is 13.8 Å². The molecule has 0 aliphatic carbocycles. The number of rotatable bonds is 7. The van der Waals surface area contributed by atoms with E-state index in [2.05, 4.69) is 20.4 Å². The summed E-state index contributed by atoms with van der Waals surface area (Å²) in [5.74, 6) is -0.0776. The number of urea groups is 1. The van der Waals surface area contributed by atoms with Crippen LogP contribution in [0.1, 0.15) is 40.7 Å². The number of halogens is 6. The lowest BCUT2D eigenvalue weighted by Crippen LogP contribution is -2.57. The van der Waals surface area contributed by atoms with Crippen LogP contribution < -0.4 is 10.6 Å². The summed E-state index contributed by atoms with van der Waals surface area (Å²) in [6.45, 7) is 7.25. The van der Waals surface area contributed by atoms with Gasteiger partial charge in [-0.25, -0.2) is 4.79 Å². The van der Waals surface area contributed by atoms with Gasteiger partial charge in [0.2, 0.25) is 5.91 Å². The first-order valence-electron chi connectivity index (χ1n) is 15.9. The van der Waals surface area contributed by atoms with E-state index in [-0.39, 0.29) is 37.1 Å². The van der Waals surface area contributed by atoms with Crippen molar-refractivity contribution in [1.29, 1.82) is 0 Å². The number of carbonyl (C=O) groups is 2. The maximum Gasteiger partial charge on any atom is 0.416 e. The molecule has 3 aromatic carbocycles. The Kier molecular flexibility index (Phi) is 10.7. The third-order valence-corrected chi connectivity index (χ3v) is 9.14. The monoisotopic (exact) mass is 675 g/mol. The molecule has 0 aromatic heterocycles. The third kappa shape index (κ3) is 8.87. The first-order chi connectivity index (χ1) is 22.7. The van der Waals surface area contributed by atoms with Crippen LogP contribution in [0.15, 0.2) is 66.7 Å². The maximum absolute atomic E-state index is 13.5. The minimum Gasteiger partial charge on any atom is -0.324 e. The molecule has 48 heavy (non-hydrogen) atoms. The fourth-order valence-electron chi connectivity index (χ4n) is 6.61. The molecule has 2 aliphatic heterocycles. The minimum absolute atomic E-state index is 0.0384. The van der Waals surface area contributed by atoms with Crippen molar-refractivity contribution in [3.05, 3.63) is 94.5 Å². The largest absolute Gasteiger partial charge is 0.416 e. The van der Waals surface area contributed by atoms with Gasteiger partial charge < -0.3 is 15.5 Å². The summed E-state index contributed by atoms with van der Waals surface area (Å²) in [7, 11) is 0. The Morgan fingerprint density at radius 1 is 0.771 bits per heavy atom. The van der Waals surface area contributed by atoms with E-state index in [1.54, 1.807) is 0 Å². The molecule has 2 heterocycles. The third-order valence-electron chi connectivity index (χ3n) is 9.14. The van der Waals surface area contributed by atoms with E-state index in [1.165, 1.54) is 4.90 Å². The van der Waals surface area contributed by atoms with Gasteiger partial charge in [0, 0.05) is 56.2 Å². The number of nitrogens with zero attached hydrogens (tertiary/aromatic N) is 3. The van der Waals surface area contributed by atoms with Gasteiger partial charge in [0.05, 0.1) is 17.7 Å². The SMILES string of the molecule is Cc1cccc(C)c1NC(=O)CN1CCN([C@H]2CCN(C(=O)Nc3cc(C(F)(F)F)cc(C(F)(F)F)c3)[C@H](Cc3ccccc3)C2)CC1. The lowest BCUT2D eigenvalue weighted by Gasteiger charge is -2.46. The molecule has 0 spiro atoms. The number of aryl methyl sites for hydroxylation is 2. The van der Waals surface area contributed by atoms with Crippen LogP contribution in [0.25, 0.3) is 0 Å². The topological polar surface area (TPSA) is 67.9 Å². The first kappa shape index (κ1) is 35.2. The summed E-state index contributed by atoms with van der Waals surface area (Å²) < 4.78 is 80.6. The van der Waals surface area contributed by atoms with Crippen molar-refractivity contribution in [2.75, 3.05) is 49.9 Å². The Morgan fingerprint density at radius 3 is 1.96 bits per heavy atom. The number of nitrogens with one attached hydrogen (secondary N) is 2. The van der Waals surface area contributed by atoms with Crippen molar-refractivity contribution in [2.45, 2.75) is 57.5 Å². The van der Waals surface area contributed by atoms with E-state index in [4.69, 9.17) is 0 Å². The molecule has 3 amide bonds. The van der Waals surface area contributed by atoms with Gasteiger partial charge in [0.1, 0.15) is 0 Å². The molecule has 2 N–H and O–H groups in total. The number of hydrogen-bond acceptors (Lipinski definition) is 4. The lowest BCUT2D eigenvalue weighted by molar-refractivity contribution is -0.143. The number of piperidine rings is 1. The molecule has 0 saturated carbocycles. The molecule has 2 saturated heterocycles. The molecule has 7 nitrogen and oxygen atoms in total. The molecule has 2 aliphatic rings. The smallest absolute Gasteiger partial charge is 0.324 e. The highest BCUT2D eigenvalue weighted by atomic mass is 19.4. The number of anilines is 2. The van der Waals surface area contributed by atoms with E-state index in [1.807, 2.05) is 62.4 Å². The zero-order valence-electron chi connectivity index (χ0n) is 26.8. The molecule has 2 fully saturated rings. The average molecular weight is 676 g/mol. The average Bonchev–Trinajstić information content (AvgIpc) is 3.03. The van der Waals surface area contributed by atoms with Gasteiger partial charge in [-0.2, -0.15) is 26.3 Å². The van der Waals surface area contributed by atoms with E-state index in [0.717, 1.165) is 35.5 Å². The standard InChI is InChI=1S/C35H39F6N5O2/c1-23-7-6-8-24(2)32(23)43-31(47)22-44-13-15-45(16-14-44)29-11-12-46(30(21-29)17-25-9-4-3-5-10-25)33(48)42-28-19-26(34(36,37)38)18-27(20-28)35(39,40)41/h3-10,18-20,29-30H,11-17,21-22H2,1-2H3,(H,42,48)(H,43,47)/t29-,30+/m0/s1. The van der Waals surface area contributed by atoms with Crippen molar-refractivity contribution in [2.24, 2.45) is 0 Å². The molecule has 0 unspecified atom stereocenters. The van der Waals surface area contributed by atoms with Gasteiger partial charge in [0.15, 0.2) is 0 Å². The second-order valence-electron chi connectivity index (χ2n) is 12.6. The van der Waals surface area contributed by atoms with Crippen LogP contribution >= 0.6 is 0 Å². The lowest BCUT2D eigenvalue weighted by atomic mass is 9.91. The van der Waals surface area contributed by atoms with Crippen molar-refractivity contribution in [3.63, 3.8) is 0 Å². The zero-order chi connectivity index (χ0) is 34.6. The number of benzene rings is 3. The number of carbonyl (C=O) groups excluding carboxylic acids is 2. The fourth-order valence-corrected chi connectivity index (χ4v) is 6.61. The van der Waals surface area contributed by atoms with Crippen molar-refractivity contribution >= 4 is 23.3 Å². The molecule has 2 atom stereocenters. The molecule has 0 radical (unpaired) electrons. The maximum atomic E-state index is 13.5. The number of para-hydroxylation sites is 1. The van der Waals surface area contributed by atoms with Gasteiger partial charge in [0.25, 0.3) is 0 Å². The van der Waals surface area contributed by atoms with Gasteiger partial charge in [-0.3, -0.25) is 14.6 Å². The number of alkyl halides is 6. The first-order valence-corrected chi connectivity index (χ1v) is 15.9. The highest BCUT2D eigenvalue weighted by Crippen LogP contribution is 2.38. The molecular weight excluding hydrogens is 636 g/mol. The summed E-state index contributed by atoms with van der Waals surface area (Å²) >= 11 is 0. The summed E-state index contributed by atoms with van der Waals surface area (Å²) in [5.41, 5.74) is 0.233. The van der Waals surface area contributed by atoms with Crippen LogP contribution in [0.2, 0.25) is 0 Å². The second kappa shape index (κ2) is 14.6. The predicted molar refractivity (Wildman–Crippen MR) is 172 cm³/mol. The van der Waals surface area contributed by atoms with Crippen molar-refractivity contribution in [3.8, 4) is 0 Å². The van der Waals surface area contributed by atoms with Crippen LogP contribution in [-0.4, -0.2) is 78.0 Å². The molecule has 5 rings (SSSR count). The number of amides is 3. The van der Waals surface area contributed by atoms with Crippen molar-refractivity contribution < 1.29 is 35.9 Å².